The molecule has 2 nitrogen and oxygen atoms in total. The summed E-state index contributed by atoms with van der Waals surface area (Å²) in [4.78, 5) is 2.40. The number of allylic oxidation sites excluding steroid dienone is 1. The highest BCUT2D eigenvalue weighted by Crippen LogP contribution is 2.20. The average Bonchev–Trinajstić information content (AvgIpc) is 2.72. The Morgan fingerprint density at radius 2 is 1.78 bits per heavy atom. The van der Waals surface area contributed by atoms with Gasteiger partial charge in [-0.2, -0.15) is 0 Å². The highest BCUT2D eigenvalue weighted by Gasteiger charge is 2.21. The van der Waals surface area contributed by atoms with Gasteiger partial charge in [0.05, 0.1) is 5.22 Å². The Balaban J connectivity index is 1.97. The molecule has 0 aliphatic carbocycles. The molecule has 0 bridgehead atoms. The molecule has 0 radical (unpaired) electrons. The molecule has 0 atom stereocenters. The van der Waals surface area contributed by atoms with Crippen LogP contribution in [-0.4, -0.2) is 32.7 Å². The molecule has 0 aliphatic heterocycles. The molecule has 0 saturated heterocycles. The molecule has 3 heteroatoms. The third-order valence-electron chi connectivity index (χ3n) is 5.00. The maximum atomic E-state index is 6.45. The molecule has 0 N–H and O–H groups in total. The fraction of sp³-hybridized carbons (Fsp3) is 0.379. The van der Waals surface area contributed by atoms with E-state index < -0.39 is 9.52 Å². The molecule has 0 spiro atoms. The van der Waals surface area contributed by atoms with Crippen molar-refractivity contribution in [2.75, 3.05) is 13.1 Å². The lowest BCUT2D eigenvalue weighted by atomic mass is 9.98. The molecule has 2 aromatic rings. The van der Waals surface area contributed by atoms with E-state index in [1.807, 2.05) is 12.2 Å². The SMILES string of the molecule is C=Cc1ccc([SiH2]C(C)(C)Oc2cccc(CN(CC)C/C=C/C#CC(C)(C)C)c2)cc1. The first-order valence-corrected chi connectivity index (χ1v) is 12.9. The predicted molar refractivity (Wildman–Crippen MR) is 143 cm³/mol. The molecule has 0 aliphatic rings. The molecular formula is C29H39NOSi. The van der Waals surface area contributed by atoms with Crippen LogP contribution in [0.3, 0.4) is 0 Å². The highest BCUT2D eigenvalue weighted by atomic mass is 28.2. The Morgan fingerprint density at radius 1 is 1.06 bits per heavy atom. The van der Waals surface area contributed by atoms with Gasteiger partial charge in [0, 0.05) is 18.5 Å². The number of hydrogen-bond acceptors (Lipinski definition) is 2. The van der Waals surface area contributed by atoms with E-state index in [4.69, 9.17) is 4.74 Å². The van der Waals surface area contributed by atoms with Gasteiger partial charge in [-0.15, -0.1) is 0 Å². The maximum Gasteiger partial charge on any atom is 0.119 e. The van der Waals surface area contributed by atoms with Crippen LogP contribution in [0.4, 0.5) is 0 Å². The first kappa shape index (κ1) is 25.7. The van der Waals surface area contributed by atoms with Gasteiger partial charge >= 0.3 is 0 Å². The normalized spacial score (nSPS) is 12.3. The first-order valence-electron chi connectivity index (χ1n) is 11.5. The van der Waals surface area contributed by atoms with Crippen LogP contribution in [0.1, 0.15) is 52.7 Å². The van der Waals surface area contributed by atoms with E-state index in [2.05, 4.69) is 119 Å². The molecular weight excluding hydrogens is 406 g/mol. The van der Waals surface area contributed by atoms with Gasteiger partial charge in [-0.05, 0) is 70.5 Å². The maximum absolute atomic E-state index is 6.45. The molecule has 0 amide bonds. The number of benzene rings is 2. The molecule has 0 saturated carbocycles. The van der Waals surface area contributed by atoms with E-state index in [9.17, 15) is 0 Å². The van der Waals surface area contributed by atoms with Crippen LogP contribution < -0.4 is 9.92 Å². The summed E-state index contributed by atoms with van der Waals surface area (Å²) in [5.41, 5.74) is 2.47. The zero-order valence-corrected chi connectivity index (χ0v) is 22.2. The molecule has 2 rings (SSSR count). The summed E-state index contributed by atoms with van der Waals surface area (Å²) < 4.78 is 6.45. The van der Waals surface area contributed by atoms with Crippen LogP contribution in [0.5, 0.6) is 5.75 Å². The predicted octanol–water partition coefficient (Wildman–Crippen LogP) is 5.37. The van der Waals surface area contributed by atoms with E-state index in [-0.39, 0.29) is 10.6 Å². The molecule has 0 unspecified atom stereocenters. The van der Waals surface area contributed by atoms with Gasteiger partial charge in [-0.1, -0.05) is 79.1 Å². The lowest BCUT2D eigenvalue weighted by Crippen LogP contribution is -2.42. The fourth-order valence-electron chi connectivity index (χ4n) is 3.41. The summed E-state index contributed by atoms with van der Waals surface area (Å²) in [6.07, 6.45) is 6.00. The Bertz CT molecular complexity index is 955. The number of nitrogens with zero attached hydrogens (tertiary/aromatic N) is 1. The van der Waals surface area contributed by atoms with Gasteiger partial charge in [0.2, 0.25) is 0 Å². The van der Waals surface area contributed by atoms with Gasteiger partial charge in [0.1, 0.15) is 15.3 Å². The van der Waals surface area contributed by atoms with Gasteiger partial charge < -0.3 is 4.74 Å². The minimum atomic E-state index is -0.605. The molecule has 0 heterocycles. The quantitative estimate of drug-likeness (QED) is 0.360. The van der Waals surface area contributed by atoms with Crippen molar-refractivity contribution in [2.45, 2.75) is 53.3 Å². The summed E-state index contributed by atoms with van der Waals surface area (Å²) in [6, 6.07) is 17.2. The zero-order valence-electron chi connectivity index (χ0n) is 20.7. The topological polar surface area (TPSA) is 12.5 Å². The van der Waals surface area contributed by atoms with Crippen LogP contribution >= 0.6 is 0 Å². The summed E-state index contributed by atoms with van der Waals surface area (Å²) >= 11 is 0. The smallest absolute Gasteiger partial charge is 0.119 e. The Labute approximate surface area is 198 Å². The summed E-state index contributed by atoms with van der Waals surface area (Å²) in [6.45, 7) is 19.6. The second kappa shape index (κ2) is 11.9. The number of rotatable bonds is 10. The second-order valence-electron chi connectivity index (χ2n) is 9.88. The molecule has 2 aromatic carbocycles. The van der Waals surface area contributed by atoms with Gasteiger partial charge in [0.15, 0.2) is 0 Å². The average molecular weight is 446 g/mol. The number of hydrogen-bond donors (Lipinski definition) is 0. The number of ether oxygens (including phenoxy) is 1. The van der Waals surface area contributed by atoms with Crippen molar-refractivity contribution in [3.8, 4) is 17.6 Å². The summed E-state index contributed by atoms with van der Waals surface area (Å²) in [5, 5.41) is 1.24. The Kier molecular flexibility index (Phi) is 9.56. The van der Waals surface area contributed by atoms with Crippen molar-refractivity contribution in [3.05, 3.63) is 78.4 Å². The Hall–Kier alpha value is -2.54. The van der Waals surface area contributed by atoms with Crippen LogP contribution in [0.15, 0.2) is 67.3 Å². The fourth-order valence-corrected chi connectivity index (χ4v) is 5.10. The monoisotopic (exact) mass is 445 g/mol. The molecule has 0 fully saturated rings. The zero-order chi connectivity index (χ0) is 23.6. The van der Waals surface area contributed by atoms with Crippen LogP contribution in [0, 0.1) is 17.3 Å². The third-order valence-corrected chi connectivity index (χ3v) is 6.88. The summed E-state index contributed by atoms with van der Waals surface area (Å²) in [7, 11) is -0.605. The van der Waals surface area contributed by atoms with Crippen molar-refractivity contribution < 1.29 is 4.74 Å². The highest BCUT2D eigenvalue weighted by molar-refractivity contribution is 6.56. The minimum Gasteiger partial charge on any atom is -0.492 e. The molecule has 0 aromatic heterocycles. The van der Waals surface area contributed by atoms with Crippen LogP contribution in [0.25, 0.3) is 6.08 Å². The van der Waals surface area contributed by atoms with Crippen molar-refractivity contribution in [3.63, 3.8) is 0 Å². The van der Waals surface area contributed by atoms with E-state index in [1.54, 1.807) is 0 Å². The first-order chi connectivity index (χ1) is 15.1. The van der Waals surface area contributed by atoms with E-state index >= 15 is 0 Å². The van der Waals surface area contributed by atoms with Gasteiger partial charge in [0.25, 0.3) is 0 Å². The Morgan fingerprint density at radius 3 is 2.41 bits per heavy atom. The molecule has 170 valence electrons. The lowest BCUT2D eigenvalue weighted by molar-refractivity contribution is 0.195. The second-order valence-corrected chi connectivity index (χ2v) is 12.8. The van der Waals surface area contributed by atoms with E-state index in [1.165, 1.54) is 10.8 Å². The molecule has 32 heavy (non-hydrogen) atoms. The standard InChI is InChI=1S/C29H39NOSi/c1-8-24-16-18-27(19-17-24)32-29(6,7)31-26-15-13-14-25(22-26)23-30(9-2)21-12-10-11-20-28(3,4)5/h8,10,12-19,22H,1,9,21,23,32H2,2-7H3/b12-10+. The van der Waals surface area contributed by atoms with E-state index in [0.29, 0.717) is 0 Å². The van der Waals surface area contributed by atoms with Crippen molar-refractivity contribution in [1.29, 1.82) is 0 Å². The third kappa shape index (κ3) is 9.72. The largest absolute Gasteiger partial charge is 0.492 e. The van der Waals surface area contributed by atoms with E-state index in [0.717, 1.165) is 30.9 Å². The number of likely N-dealkylation sites (N-methyl/N-ethyl adjacent to an activating group) is 1. The van der Waals surface area contributed by atoms with Crippen LogP contribution in [0.2, 0.25) is 0 Å². The minimum absolute atomic E-state index is 0.0426. The van der Waals surface area contributed by atoms with Gasteiger partial charge in [-0.3, -0.25) is 4.90 Å². The van der Waals surface area contributed by atoms with Crippen LogP contribution in [-0.2, 0) is 6.54 Å². The lowest BCUT2D eigenvalue weighted by Gasteiger charge is -2.27. The van der Waals surface area contributed by atoms with Gasteiger partial charge in [-0.25, -0.2) is 0 Å². The van der Waals surface area contributed by atoms with Crippen molar-refractivity contribution in [1.82, 2.24) is 4.90 Å². The summed E-state index contributed by atoms with van der Waals surface area (Å²) in [5.74, 6) is 7.34. The van der Waals surface area contributed by atoms with Crippen molar-refractivity contribution in [2.24, 2.45) is 5.41 Å². The van der Waals surface area contributed by atoms with Crippen molar-refractivity contribution >= 4 is 20.8 Å².